The number of para-hydroxylation sites is 1. The Labute approximate surface area is 127 Å². The highest BCUT2D eigenvalue weighted by Crippen LogP contribution is 2.25. The van der Waals surface area contributed by atoms with Gasteiger partial charge in [0.2, 0.25) is 0 Å². The predicted octanol–water partition coefficient (Wildman–Crippen LogP) is 2.54. The van der Waals surface area contributed by atoms with Crippen molar-refractivity contribution in [1.82, 2.24) is 4.90 Å². The van der Waals surface area contributed by atoms with Gasteiger partial charge in [0.15, 0.2) is 6.29 Å². The van der Waals surface area contributed by atoms with E-state index in [2.05, 4.69) is 4.90 Å². The van der Waals surface area contributed by atoms with E-state index in [1.54, 1.807) is 0 Å². The minimum Gasteiger partial charge on any atom is -0.494 e. The van der Waals surface area contributed by atoms with Gasteiger partial charge in [0.1, 0.15) is 5.75 Å². The molecule has 0 aliphatic carbocycles. The van der Waals surface area contributed by atoms with Crippen molar-refractivity contribution < 1.29 is 14.2 Å². The summed E-state index contributed by atoms with van der Waals surface area (Å²) in [6.07, 6.45) is 3.51. The Hall–Kier alpha value is -1.10. The van der Waals surface area contributed by atoms with Gasteiger partial charge in [-0.05, 0) is 44.5 Å². The van der Waals surface area contributed by atoms with E-state index in [0.29, 0.717) is 5.92 Å². The molecule has 0 spiro atoms. The molecule has 4 nitrogen and oxygen atoms in total. The Kier molecular flexibility index (Phi) is 5.49. The maximum Gasteiger partial charge on any atom is 0.160 e. The normalized spacial score (nSPS) is 21.7. The number of likely N-dealkylation sites (tertiary alicyclic amines) is 1. The van der Waals surface area contributed by atoms with Crippen LogP contribution < -0.4 is 4.74 Å². The molecular formula is C17H25NO3. The van der Waals surface area contributed by atoms with Gasteiger partial charge in [-0.3, -0.25) is 0 Å². The predicted molar refractivity (Wildman–Crippen MR) is 81.4 cm³/mol. The van der Waals surface area contributed by atoms with Crippen molar-refractivity contribution in [3.05, 3.63) is 30.3 Å². The van der Waals surface area contributed by atoms with Crippen LogP contribution in [0.4, 0.5) is 0 Å². The summed E-state index contributed by atoms with van der Waals surface area (Å²) in [7, 11) is 0. The maximum absolute atomic E-state index is 5.73. The molecule has 21 heavy (non-hydrogen) atoms. The molecule has 0 radical (unpaired) electrons. The number of ether oxygens (including phenoxy) is 3. The zero-order valence-electron chi connectivity index (χ0n) is 12.6. The lowest BCUT2D eigenvalue weighted by Crippen LogP contribution is -2.38. The van der Waals surface area contributed by atoms with Crippen LogP contribution in [0.3, 0.4) is 0 Å². The topological polar surface area (TPSA) is 30.9 Å². The summed E-state index contributed by atoms with van der Waals surface area (Å²) >= 11 is 0. The second-order valence-electron chi connectivity index (χ2n) is 5.80. The fourth-order valence-electron chi connectivity index (χ4n) is 3.09. The van der Waals surface area contributed by atoms with Gasteiger partial charge in [-0.1, -0.05) is 18.2 Å². The van der Waals surface area contributed by atoms with Crippen LogP contribution in [-0.2, 0) is 9.47 Å². The molecule has 0 atom stereocenters. The minimum atomic E-state index is 0.0635. The standard InChI is InChI=1S/C17H25NO3/c1-2-5-16(6-3-1)19-12-4-9-18-10-7-15(8-11-18)17-20-13-14-21-17/h1-3,5-6,15,17H,4,7-14H2. The summed E-state index contributed by atoms with van der Waals surface area (Å²) in [5.74, 6) is 1.55. The molecule has 0 amide bonds. The lowest BCUT2D eigenvalue weighted by atomic mass is 9.96. The molecule has 0 saturated carbocycles. The smallest absolute Gasteiger partial charge is 0.160 e. The average molecular weight is 291 g/mol. The first-order valence-corrected chi connectivity index (χ1v) is 8.05. The van der Waals surface area contributed by atoms with Gasteiger partial charge in [0.05, 0.1) is 19.8 Å². The minimum absolute atomic E-state index is 0.0635. The van der Waals surface area contributed by atoms with Gasteiger partial charge in [-0.25, -0.2) is 0 Å². The van der Waals surface area contributed by atoms with Crippen LogP contribution in [0.25, 0.3) is 0 Å². The van der Waals surface area contributed by atoms with Crippen molar-refractivity contribution >= 4 is 0 Å². The molecule has 2 aliphatic rings. The Morgan fingerprint density at radius 1 is 1.05 bits per heavy atom. The van der Waals surface area contributed by atoms with Crippen LogP contribution >= 0.6 is 0 Å². The number of hydrogen-bond donors (Lipinski definition) is 0. The molecule has 0 unspecified atom stereocenters. The molecular weight excluding hydrogens is 266 g/mol. The van der Waals surface area contributed by atoms with E-state index in [1.165, 1.54) is 12.8 Å². The molecule has 3 rings (SSSR count). The van der Waals surface area contributed by atoms with E-state index in [-0.39, 0.29) is 6.29 Å². The van der Waals surface area contributed by atoms with Crippen LogP contribution in [0.1, 0.15) is 19.3 Å². The lowest BCUT2D eigenvalue weighted by Gasteiger charge is -2.33. The Morgan fingerprint density at radius 2 is 1.76 bits per heavy atom. The van der Waals surface area contributed by atoms with Gasteiger partial charge in [-0.15, -0.1) is 0 Å². The Balaban J connectivity index is 1.29. The first-order valence-electron chi connectivity index (χ1n) is 8.05. The average Bonchev–Trinajstić information content (AvgIpc) is 3.08. The zero-order chi connectivity index (χ0) is 14.3. The third kappa shape index (κ3) is 4.43. The van der Waals surface area contributed by atoms with E-state index in [4.69, 9.17) is 14.2 Å². The van der Waals surface area contributed by atoms with Crippen LogP contribution in [-0.4, -0.2) is 50.6 Å². The lowest BCUT2D eigenvalue weighted by molar-refractivity contribution is -0.0974. The van der Waals surface area contributed by atoms with Crippen LogP contribution in [0, 0.1) is 5.92 Å². The van der Waals surface area contributed by atoms with E-state index in [9.17, 15) is 0 Å². The fraction of sp³-hybridized carbons (Fsp3) is 0.647. The highest BCUT2D eigenvalue weighted by atomic mass is 16.7. The molecule has 2 aliphatic heterocycles. The Bertz CT molecular complexity index is 398. The second-order valence-corrected chi connectivity index (χ2v) is 5.80. The largest absolute Gasteiger partial charge is 0.494 e. The first-order chi connectivity index (χ1) is 10.4. The third-order valence-corrected chi connectivity index (χ3v) is 4.30. The molecule has 2 saturated heterocycles. The summed E-state index contributed by atoms with van der Waals surface area (Å²) in [6.45, 7) is 5.74. The van der Waals surface area contributed by atoms with E-state index in [0.717, 1.165) is 51.6 Å². The summed E-state index contributed by atoms with van der Waals surface area (Å²) in [6, 6.07) is 10.0. The quantitative estimate of drug-likeness (QED) is 0.754. The molecule has 0 aromatic heterocycles. The molecule has 0 bridgehead atoms. The summed E-state index contributed by atoms with van der Waals surface area (Å²) in [5.41, 5.74) is 0. The van der Waals surface area contributed by atoms with Gasteiger partial charge in [0.25, 0.3) is 0 Å². The van der Waals surface area contributed by atoms with Crippen molar-refractivity contribution in [3.63, 3.8) is 0 Å². The van der Waals surface area contributed by atoms with Gasteiger partial charge >= 0.3 is 0 Å². The third-order valence-electron chi connectivity index (χ3n) is 4.30. The van der Waals surface area contributed by atoms with E-state index < -0.39 is 0 Å². The van der Waals surface area contributed by atoms with Gasteiger partial charge in [0, 0.05) is 12.5 Å². The highest BCUT2D eigenvalue weighted by Gasteiger charge is 2.30. The van der Waals surface area contributed by atoms with Gasteiger partial charge < -0.3 is 19.1 Å². The van der Waals surface area contributed by atoms with Crippen molar-refractivity contribution in [2.75, 3.05) is 39.5 Å². The van der Waals surface area contributed by atoms with E-state index >= 15 is 0 Å². The van der Waals surface area contributed by atoms with Crippen LogP contribution in [0.15, 0.2) is 30.3 Å². The van der Waals surface area contributed by atoms with Gasteiger partial charge in [-0.2, -0.15) is 0 Å². The molecule has 116 valence electrons. The molecule has 1 aromatic carbocycles. The second kappa shape index (κ2) is 7.78. The number of rotatable bonds is 6. The molecule has 1 aromatic rings. The highest BCUT2D eigenvalue weighted by molar-refractivity contribution is 5.20. The van der Waals surface area contributed by atoms with Crippen molar-refractivity contribution in [2.45, 2.75) is 25.6 Å². The monoisotopic (exact) mass is 291 g/mol. The number of hydrogen-bond acceptors (Lipinski definition) is 4. The first kappa shape index (κ1) is 14.8. The number of nitrogens with zero attached hydrogens (tertiary/aromatic N) is 1. The maximum atomic E-state index is 5.73. The molecule has 0 N–H and O–H groups in total. The zero-order valence-corrected chi connectivity index (χ0v) is 12.6. The van der Waals surface area contributed by atoms with Crippen molar-refractivity contribution in [3.8, 4) is 5.75 Å². The number of piperidine rings is 1. The van der Waals surface area contributed by atoms with Crippen LogP contribution in [0.5, 0.6) is 5.75 Å². The number of benzene rings is 1. The molecule has 2 heterocycles. The van der Waals surface area contributed by atoms with Crippen molar-refractivity contribution in [1.29, 1.82) is 0 Å². The van der Waals surface area contributed by atoms with Crippen molar-refractivity contribution in [2.24, 2.45) is 5.92 Å². The molecule has 2 fully saturated rings. The summed E-state index contributed by atoms with van der Waals surface area (Å²) < 4.78 is 17.0. The van der Waals surface area contributed by atoms with E-state index in [1.807, 2.05) is 30.3 Å². The molecule has 4 heteroatoms. The van der Waals surface area contributed by atoms with Crippen LogP contribution in [0.2, 0.25) is 0 Å². The summed E-state index contributed by atoms with van der Waals surface area (Å²) in [5, 5.41) is 0. The Morgan fingerprint density at radius 3 is 2.48 bits per heavy atom. The fourth-order valence-corrected chi connectivity index (χ4v) is 3.09. The SMILES string of the molecule is c1ccc(OCCCN2CCC(C3OCCO3)CC2)cc1. The summed E-state index contributed by atoms with van der Waals surface area (Å²) in [4.78, 5) is 2.53.